The molecule has 0 spiro atoms. The molecule has 0 unspecified atom stereocenters. The predicted molar refractivity (Wildman–Crippen MR) is 137 cm³/mol. The number of aryl methyl sites for hydroxylation is 2. The van der Waals surface area contributed by atoms with Gasteiger partial charge in [0.05, 0.1) is 11.9 Å². The molecular formula is C27H21ClF3N3O3S. The summed E-state index contributed by atoms with van der Waals surface area (Å²) in [5, 5.41) is -0.0902. The van der Waals surface area contributed by atoms with Gasteiger partial charge in [-0.25, -0.2) is 21.6 Å². The van der Waals surface area contributed by atoms with Crippen molar-refractivity contribution in [3.8, 4) is 16.9 Å². The third-order valence-corrected chi connectivity index (χ3v) is 8.19. The van der Waals surface area contributed by atoms with Gasteiger partial charge in [-0.15, -0.1) is 0 Å². The lowest BCUT2D eigenvalue weighted by atomic mass is 10.1. The smallest absolute Gasteiger partial charge is 0.274 e. The fourth-order valence-corrected chi connectivity index (χ4v) is 5.80. The Hall–Kier alpha value is -3.50. The second-order valence-corrected chi connectivity index (χ2v) is 11.7. The maximum absolute atomic E-state index is 16.0. The van der Waals surface area contributed by atoms with E-state index in [2.05, 4.69) is 9.97 Å². The Balaban J connectivity index is 1.61. The van der Waals surface area contributed by atoms with E-state index in [1.54, 1.807) is 26.0 Å². The van der Waals surface area contributed by atoms with Gasteiger partial charge in [0.1, 0.15) is 21.4 Å². The standard InChI is InChI=1S/C27H21ClF3N3O3S/c1-13-11-33-25(16-5-4-6-21(23(16)30)38(3,36)37)24(31)26(13)34-14(2)9-19(22(28)27(34)35)17-10-18(17)20-8-7-15(29)12-32-20/h4-9,11-12,17-18H,10H2,1-3H3/t17-,18-/m0/s1. The van der Waals surface area contributed by atoms with Crippen LogP contribution < -0.4 is 5.56 Å². The van der Waals surface area contributed by atoms with E-state index in [0.717, 1.165) is 23.1 Å². The second-order valence-electron chi connectivity index (χ2n) is 9.39. The van der Waals surface area contributed by atoms with Crippen molar-refractivity contribution in [2.45, 2.75) is 37.0 Å². The normalized spacial score (nSPS) is 17.0. The molecular weight excluding hydrogens is 539 g/mol. The molecule has 0 N–H and O–H groups in total. The Bertz CT molecular complexity index is 1770. The molecule has 0 amide bonds. The van der Waals surface area contributed by atoms with Crippen molar-refractivity contribution in [3.05, 3.63) is 104 Å². The Labute approximate surface area is 221 Å². The minimum Gasteiger partial charge on any atom is -0.277 e. The summed E-state index contributed by atoms with van der Waals surface area (Å²) >= 11 is 6.51. The number of rotatable bonds is 5. The van der Waals surface area contributed by atoms with Crippen LogP contribution in [0.15, 0.2) is 58.5 Å². The lowest BCUT2D eigenvalue weighted by Gasteiger charge is -2.18. The van der Waals surface area contributed by atoms with Crippen LogP contribution in [-0.4, -0.2) is 29.2 Å². The number of benzene rings is 1. The minimum absolute atomic E-state index is 0.0288. The molecule has 0 radical (unpaired) electrons. The summed E-state index contributed by atoms with van der Waals surface area (Å²) in [6.45, 7) is 3.17. The molecule has 1 aromatic carbocycles. The monoisotopic (exact) mass is 559 g/mol. The van der Waals surface area contributed by atoms with Crippen LogP contribution in [0.25, 0.3) is 16.9 Å². The lowest BCUT2D eigenvalue weighted by molar-refractivity contribution is 0.569. The lowest BCUT2D eigenvalue weighted by Crippen LogP contribution is -2.24. The Kier molecular flexibility index (Phi) is 6.43. The van der Waals surface area contributed by atoms with Crippen LogP contribution in [-0.2, 0) is 9.84 Å². The van der Waals surface area contributed by atoms with Crippen molar-refractivity contribution in [2.75, 3.05) is 6.26 Å². The van der Waals surface area contributed by atoms with Crippen LogP contribution in [0.2, 0.25) is 5.02 Å². The van der Waals surface area contributed by atoms with E-state index in [4.69, 9.17) is 11.6 Å². The highest BCUT2D eigenvalue weighted by molar-refractivity contribution is 7.90. The number of hydrogen-bond acceptors (Lipinski definition) is 5. The van der Waals surface area contributed by atoms with E-state index in [-0.39, 0.29) is 28.1 Å². The van der Waals surface area contributed by atoms with Gasteiger partial charge in [-0.3, -0.25) is 19.3 Å². The molecule has 3 heterocycles. The summed E-state index contributed by atoms with van der Waals surface area (Å²) in [5.41, 5.74) is 0.328. The molecule has 196 valence electrons. The molecule has 6 nitrogen and oxygen atoms in total. The summed E-state index contributed by atoms with van der Waals surface area (Å²) in [5.74, 6) is -2.71. The van der Waals surface area contributed by atoms with E-state index >= 15 is 8.78 Å². The number of pyridine rings is 3. The SMILES string of the molecule is Cc1cnc(-c2cccc(S(C)(=O)=O)c2F)c(F)c1-n1c(C)cc([C@H]2C[C@@H]2c2ccc(F)cn2)c(Cl)c1=O. The largest absolute Gasteiger partial charge is 0.277 e. The Morgan fingerprint density at radius 3 is 2.39 bits per heavy atom. The zero-order valence-electron chi connectivity index (χ0n) is 20.5. The minimum atomic E-state index is -3.92. The maximum Gasteiger partial charge on any atom is 0.274 e. The summed E-state index contributed by atoms with van der Waals surface area (Å²) in [6.07, 6.45) is 3.94. The zero-order chi connectivity index (χ0) is 27.5. The first-order valence-corrected chi connectivity index (χ1v) is 13.8. The van der Waals surface area contributed by atoms with Crippen LogP contribution in [0.5, 0.6) is 0 Å². The van der Waals surface area contributed by atoms with Crippen molar-refractivity contribution < 1.29 is 21.6 Å². The highest BCUT2D eigenvalue weighted by atomic mass is 35.5. The van der Waals surface area contributed by atoms with Crippen LogP contribution >= 0.6 is 11.6 Å². The van der Waals surface area contributed by atoms with Gasteiger partial charge in [-0.05, 0) is 67.6 Å². The number of halogens is 4. The van der Waals surface area contributed by atoms with Gasteiger partial charge < -0.3 is 0 Å². The Morgan fingerprint density at radius 1 is 1.00 bits per heavy atom. The summed E-state index contributed by atoms with van der Waals surface area (Å²) < 4.78 is 69.4. The molecule has 5 rings (SSSR count). The molecule has 1 saturated carbocycles. The average Bonchev–Trinajstić information content (AvgIpc) is 3.64. The summed E-state index contributed by atoms with van der Waals surface area (Å²) in [6, 6.07) is 8.21. The molecule has 1 fully saturated rings. The molecule has 3 aromatic heterocycles. The maximum atomic E-state index is 16.0. The van der Waals surface area contributed by atoms with Gasteiger partial charge in [-0.1, -0.05) is 17.7 Å². The van der Waals surface area contributed by atoms with E-state index in [9.17, 15) is 17.6 Å². The number of aromatic nitrogens is 3. The molecule has 0 bridgehead atoms. The third-order valence-electron chi connectivity index (χ3n) is 6.70. The number of nitrogens with zero attached hydrogens (tertiary/aromatic N) is 3. The Morgan fingerprint density at radius 2 is 1.74 bits per heavy atom. The van der Waals surface area contributed by atoms with Crippen molar-refractivity contribution >= 4 is 21.4 Å². The van der Waals surface area contributed by atoms with Crippen LogP contribution in [0, 0.1) is 31.3 Å². The molecule has 4 aromatic rings. The first-order valence-electron chi connectivity index (χ1n) is 11.6. The first kappa shape index (κ1) is 26.1. The molecule has 1 aliphatic rings. The van der Waals surface area contributed by atoms with Crippen LogP contribution in [0.3, 0.4) is 0 Å². The number of sulfone groups is 1. The van der Waals surface area contributed by atoms with E-state index in [1.807, 2.05) is 0 Å². The van der Waals surface area contributed by atoms with Gasteiger partial charge >= 0.3 is 0 Å². The van der Waals surface area contributed by atoms with Crippen LogP contribution in [0.1, 0.15) is 40.8 Å². The molecule has 11 heteroatoms. The second kappa shape index (κ2) is 9.36. The molecule has 0 saturated heterocycles. The first-order chi connectivity index (χ1) is 17.9. The van der Waals surface area contributed by atoms with Gasteiger partial charge in [0.15, 0.2) is 21.5 Å². The van der Waals surface area contributed by atoms with Gasteiger partial charge in [0.2, 0.25) is 0 Å². The van der Waals surface area contributed by atoms with E-state index < -0.39 is 43.4 Å². The summed E-state index contributed by atoms with van der Waals surface area (Å²) in [4.78, 5) is 21.0. The average molecular weight is 560 g/mol. The van der Waals surface area contributed by atoms with Crippen LogP contribution in [0.4, 0.5) is 13.2 Å². The van der Waals surface area contributed by atoms with Crippen molar-refractivity contribution in [2.24, 2.45) is 0 Å². The third kappa shape index (κ3) is 4.41. The topological polar surface area (TPSA) is 81.9 Å². The highest BCUT2D eigenvalue weighted by Gasteiger charge is 2.42. The molecule has 1 aliphatic carbocycles. The molecule has 38 heavy (non-hydrogen) atoms. The van der Waals surface area contributed by atoms with E-state index in [0.29, 0.717) is 28.9 Å². The van der Waals surface area contributed by atoms with Gasteiger partial charge in [-0.2, -0.15) is 0 Å². The van der Waals surface area contributed by atoms with Crippen molar-refractivity contribution in [1.29, 1.82) is 0 Å². The van der Waals surface area contributed by atoms with E-state index in [1.165, 1.54) is 24.4 Å². The fraction of sp³-hybridized carbons (Fsp3) is 0.222. The van der Waals surface area contributed by atoms with Crippen molar-refractivity contribution in [3.63, 3.8) is 0 Å². The quantitative estimate of drug-likeness (QED) is 0.315. The predicted octanol–water partition coefficient (Wildman–Crippen LogP) is 5.66. The molecule has 0 aliphatic heterocycles. The fourth-order valence-electron chi connectivity index (χ4n) is 4.76. The van der Waals surface area contributed by atoms with Crippen molar-refractivity contribution in [1.82, 2.24) is 14.5 Å². The van der Waals surface area contributed by atoms with Gasteiger partial charge in [0.25, 0.3) is 5.56 Å². The zero-order valence-corrected chi connectivity index (χ0v) is 22.0. The number of hydrogen-bond donors (Lipinski definition) is 0. The van der Waals surface area contributed by atoms with Gasteiger partial charge in [0, 0.05) is 35.3 Å². The summed E-state index contributed by atoms with van der Waals surface area (Å²) in [7, 11) is -3.92. The highest BCUT2D eigenvalue weighted by Crippen LogP contribution is 2.55. The molecule has 2 atom stereocenters.